The van der Waals surface area contributed by atoms with Gasteiger partial charge in [0.15, 0.2) is 16.6 Å². The van der Waals surface area contributed by atoms with Crippen molar-refractivity contribution in [2.75, 3.05) is 25.8 Å². The highest BCUT2D eigenvalue weighted by Gasteiger charge is 2.13. The number of esters is 1. The minimum Gasteiger partial charge on any atom is -0.469 e. The first kappa shape index (κ1) is 16.4. The summed E-state index contributed by atoms with van der Waals surface area (Å²) in [6.45, 7) is 1.02. The quantitative estimate of drug-likeness (QED) is 0.453. The first-order valence-corrected chi connectivity index (χ1v) is 7.61. The summed E-state index contributed by atoms with van der Waals surface area (Å²) in [5.41, 5.74) is 0.854. The summed E-state index contributed by atoms with van der Waals surface area (Å²) in [7, 11) is 1.41. The Labute approximate surface area is 135 Å². The molecule has 120 valence electrons. The third kappa shape index (κ3) is 5.07. The first-order chi connectivity index (χ1) is 10.7. The molecule has 1 aromatic carbocycles. The van der Waals surface area contributed by atoms with E-state index in [1.54, 1.807) is 0 Å². The second-order valence-corrected chi connectivity index (χ2v) is 5.24. The van der Waals surface area contributed by atoms with Crippen LogP contribution in [0.2, 0.25) is 0 Å². The van der Waals surface area contributed by atoms with Gasteiger partial charge >= 0.3 is 5.97 Å². The number of fused-ring (bicyclic) bond motifs is 1. The average molecular weight is 324 g/mol. The number of benzene rings is 1. The van der Waals surface area contributed by atoms with E-state index in [1.807, 2.05) is 18.2 Å². The van der Waals surface area contributed by atoms with Crippen LogP contribution >= 0.6 is 12.2 Å². The number of nitrogens with one attached hydrogen (secondary N) is 2. The van der Waals surface area contributed by atoms with Crippen molar-refractivity contribution in [2.45, 2.75) is 25.7 Å². The van der Waals surface area contributed by atoms with Crippen LogP contribution in [-0.2, 0) is 9.53 Å². The zero-order valence-corrected chi connectivity index (χ0v) is 13.3. The van der Waals surface area contributed by atoms with Gasteiger partial charge in [0.05, 0.1) is 7.11 Å². The predicted octanol–water partition coefficient (Wildman–Crippen LogP) is 2.44. The van der Waals surface area contributed by atoms with Crippen molar-refractivity contribution in [3.8, 4) is 11.5 Å². The molecule has 0 aliphatic carbocycles. The van der Waals surface area contributed by atoms with Gasteiger partial charge in [0.1, 0.15) is 0 Å². The van der Waals surface area contributed by atoms with Gasteiger partial charge in [-0.3, -0.25) is 4.79 Å². The van der Waals surface area contributed by atoms with Crippen molar-refractivity contribution in [3.63, 3.8) is 0 Å². The molecule has 1 heterocycles. The summed E-state index contributed by atoms with van der Waals surface area (Å²) in [5, 5.41) is 6.80. The number of carbonyl (C=O) groups is 1. The third-order valence-electron chi connectivity index (χ3n) is 3.20. The van der Waals surface area contributed by atoms with Crippen molar-refractivity contribution in [1.82, 2.24) is 5.32 Å². The molecule has 0 saturated carbocycles. The zero-order chi connectivity index (χ0) is 15.8. The lowest BCUT2D eigenvalue weighted by molar-refractivity contribution is -0.140. The second-order valence-electron chi connectivity index (χ2n) is 4.84. The predicted molar refractivity (Wildman–Crippen MR) is 87.3 cm³/mol. The molecule has 0 atom stereocenters. The number of anilines is 1. The van der Waals surface area contributed by atoms with Crippen LogP contribution in [-0.4, -0.2) is 31.5 Å². The van der Waals surface area contributed by atoms with Crippen molar-refractivity contribution >= 4 is 29.0 Å². The van der Waals surface area contributed by atoms with Crippen LogP contribution in [0.5, 0.6) is 11.5 Å². The smallest absolute Gasteiger partial charge is 0.305 e. The molecule has 1 aliphatic rings. The minimum atomic E-state index is -0.159. The SMILES string of the molecule is COC(=O)CCCCCNC(=S)Nc1ccc2c(c1)OCO2. The molecule has 1 aliphatic heterocycles. The van der Waals surface area contributed by atoms with Crippen LogP contribution < -0.4 is 20.1 Å². The zero-order valence-electron chi connectivity index (χ0n) is 12.5. The Morgan fingerprint density at radius 1 is 1.27 bits per heavy atom. The van der Waals surface area contributed by atoms with Gasteiger partial charge in [-0.25, -0.2) is 0 Å². The van der Waals surface area contributed by atoms with E-state index in [9.17, 15) is 4.79 Å². The molecule has 0 amide bonds. The summed E-state index contributed by atoms with van der Waals surface area (Å²) in [4.78, 5) is 10.9. The highest BCUT2D eigenvalue weighted by molar-refractivity contribution is 7.80. The number of unbranched alkanes of at least 4 members (excludes halogenated alkanes) is 2. The first-order valence-electron chi connectivity index (χ1n) is 7.20. The van der Waals surface area contributed by atoms with Crippen molar-refractivity contribution in [3.05, 3.63) is 18.2 Å². The summed E-state index contributed by atoms with van der Waals surface area (Å²) in [6.07, 6.45) is 3.20. The lowest BCUT2D eigenvalue weighted by Crippen LogP contribution is -2.29. The van der Waals surface area contributed by atoms with Gasteiger partial charge < -0.3 is 24.8 Å². The molecular formula is C15H20N2O4S. The molecule has 1 aromatic rings. The van der Waals surface area contributed by atoms with E-state index in [2.05, 4.69) is 15.4 Å². The summed E-state index contributed by atoms with van der Waals surface area (Å²) in [5.74, 6) is 1.30. The van der Waals surface area contributed by atoms with E-state index in [0.29, 0.717) is 11.5 Å². The number of thiocarbonyl (C=S) groups is 1. The van der Waals surface area contributed by atoms with Crippen molar-refractivity contribution in [1.29, 1.82) is 0 Å². The Bertz CT molecular complexity index is 536. The number of hydrogen-bond acceptors (Lipinski definition) is 5. The summed E-state index contributed by atoms with van der Waals surface area (Å²) >= 11 is 5.23. The number of carbonyl (C=O) groups excluding carboxylic acids is 1. The van der Waals surface area contributed by atoms with E-state index in [4.69, 9.17) is 21.7 Å². The maximum Gasteiger partial charge on any atom is 0.305 e. The molecule has 2 N–H and O–H groups in total. The number of hydrogen-bond donors (Lipinski definition) is 2. The lowest BCUT2D eigenvalue weighted by Gasteiger charge is -2.10. The van der Waals surface area contributed by atoms with E-state index in [1.165, 1.54) is 7.11 Å². The minimum absolute atomic E-state index is 0.159. The van der Waals surface area contributed by atoms with Gasteiger partial charge in [-0.2, -0.15) is 0 Å². The number of rotatable bonds is 7. The lowest BCUT2D eigenvalue weighted by atomic mass is 10.2. The van der Waals surface area contributed by atoms with Gasteiger partial charge in [0.2, 0.25) is 6.79 Å². The molecule has 22 heavy (non-hydrogen) atoms. The molecule has 0 bridgehead atoms. The molecule has 7 heteroatoms. The Hall–Kier alpha value is -2.02. The normalized spacial score (nSPS) is 11.9. The van der Waals surface area contributed by atoms with Crippen LogP contribution in [0.1, 0.15) is 25.7 Å². The number of ether oxygens (including phenoxy) is 3. The summed E-state index contributed by atoms with van der Waals surface area (Å²) in [6, 6.07) is 5.59. The fourth-order valence-corrected chi connectivity index (χ4v) is 2.24. The number of methoxy groups -OCH3 is 1. The molecule has 2 rings (SSSR count). The topological polar surface area (TPSA) is 68.8 Å². The highest BCUT2D eigenvalue weighted by atomic mass is 32.1. The Kier molecular flexibility index (Phi) is 6.27. The maximum atomic E-state index is 10.9. The molecule has 0 spiro atoms. The average Bonchev–Trinajstić information content (AvgIpc) is 2.98. The molecule has 0 fully saturated rings. The molecule has 0 aromatic heterocycles. The van der Waals surface area contributed by atoms with Gasteiger partial charge in [0.25, 0.3) is 0 Å². The van der Waals surface area contributed by atoms with Crippen LogP contribution in [0.15, 0.2) is 18.2 Å². The van der Waals surface area contributed by atoms with Gasteiger partial charge in [-0.05, 0) is 37.2 Å². The van der Waals surface area contributed by atoms with Crippen LogP contribution in [0, 0.1) is 0 Å². The van der Waals surface area contributed by atoms with Crippen LogP contribution in [0.25, 0.3) is 0 Å². The van der Waals surface area contributed by atoms with E-state index >= 15 is 0 Å². The molecule has 6 nitrogen and oxygen atoms in total. The molecule has 0 saturated heterocycles. The Balaban J connectivity index is 1.61. The van der Waals surface area contributed by atoms with Gasteiger partial charge in [-0.15, -0.1) is 0 Å². The monoisotopic (exact) mass is 324 g/mol. The fourth-order valence-electron chi connectivity index (χ4n) is 2.02. The highest BCUT2D eigenvalue weighted by Crippen LogP contribution is 2.34. The second kappa shape index (κ2) is 8.43. The van der Waals surface area contributed by atoms with E-state index in [-0.39, 0.29) is 12.8 Å². The van der Waals surface area contributed by atoms with E-state index < -0.39 is 0 Å². The van der Waals surface area contributed by atoms with Crippen LogP contribution in [0.4, 0.5) is 5.69 Å². The summed E-state index contributed by atoms with van der Waals surface area (Å²) < 4.78 is 15.2. The third-order valence-corrected chi connectivity index (χ3v) is 3.45. The molecular weight excluding hydrogens is 304 g/mol. The fraction of sp³-hybridized carbons (Fsp3) is 0.467. The van der Waals surface area contributed by atoms with Crippen molar-refractivity contribution in [2.24, 2.45) is 0 Å². The molecule has 0 unspecified atom stereocenters. The van der Waals surface area contributed by atoms with Crippen molar-refractivity contribution < 1.29 is 19.0 Å². The van der Waals surface area contributed by atoms with Crippen LogP contribution in [0.3, 0.4) is 0 Å². The molecule has 0 radical (unpaired) electrons. The van der Waals surface area contributed by atoms with E-state index in [0.717, 1.165) is 43.0 Å². The van der Waals surface area contributed by atoms with Gasteiger partial charge in [0, 0.05) is 24.7 Å². The largest absolute Gasteiger partial charge is 0.469 e. The van der Waals surface area contributed by atoms with Gasteiger partial charge in [-0.1, -0.05) is 6.42 Å². The Morgan fingerprint density at radius 2 is 2.09 bits per heavy atom. The Morgan fingerprint density at radius 3 is 2.91 bits per heavy atom. The maximum absolute atomic E-state index is 10.9. The standard InChI is InChI=1S/C15H20N2O4S/c1-19-14(18)5-3-2-4-8-16-15(22)17-11-6-7-12-13(9-11)21-10-20-12/h6-7,9H,2-5,8,10H2,1H3,(H2,16,17,22).